The largest absolute Gasteiger partial charge is 0.481 e. The van der Waals surface area contributed by atoms with Crippen molar-refractivity contribution in [3.63, 3.8) is 0 Å². The second-order valence-corrected chi connectivity index (χ2v) is 6.03. The van der Waals surface area contributed by atoms with Gasteiger partial charge in [-0.2, -0.15) is 0 Å². The Labute approximate surface area is 126 Å². The average Bonchev–Trinajstić information content (AvgIpc) is 2.97. The van der Waals surface area contributed by atoms with Crippen LogP contribution in [0.4, 0.5) is 0 Å². The van der Waals surface area contributed by atoms with Crippen LogP contribution in [-0.4, -0.2) is 40.8 Å². The molecule has 112 valence electrons. The van der Waals surface area contributed by atoms with E-state index in [1.165, 1.54) is 22.3 Å². The van der Waals surface area contributed by atoms with Crippen molar-refractivity contribution in [1.29, 1.82) is 0 Å². The summed E-state index contributed by atoms with van der Waals surface area (Å²) in [7, 11) is 0. The molecule has 1 fully saturated rings. The zero-order valence-electron chi connectivity index (χ0n) is 11.5. The Morgan fingerprint density at radius 2 is 2.05 bits per heavy atom. The third kappa shape index (κ3) is 4.53. The fourth-order valence-electron chi connectivity index (χ4n) is 2.36. The minimum absolute atomic E-state index is 0.100. The van der Waals surface area contributed by atoms with Crippen LogP contribution in [0.15, 0.2) is 23.6 Å². The van der Waals surface area contributed by atoms with Gasteiger partial charge in [-0.1, -0.05) is 6.07 Å². The lowest BCUT2D eigenvalue weighted by Crippen LogP contribution is -2.41. The van der Waals surface area contributed by atoms with Gasteiger partial charge in [-0.05, 0) is 42.4 Å². The van der Waals surface area contributed by atoms with E-state index in [4.69, 9.17) is 5.11 Å². The topological polar surface area (TPSA) is 74.7 Å². The lowest BCUT2D eigenvalue weighted by atomic mass is 9.93. The fraction of sp³-hybridized carbons (Fsp3) is 0.400. The maximum Gasteiger partial charge on any atom is 0.303 e. The molecule has 1 aromatic rings. The van der Waals surface area contributed by atoms with E-state index in [0.29, 0.717) is 25.9 Å². The number of carbonyl (C=O) groups is 3. The van der Waals surface area contributed by atoms with E-state index in [9.17, 15) is 14.4 Å². The minimum Gasteiger partial charge on any atom is -0.481 e. The van der Waals surface area contributed by atoms with Crippen LogP contribution < -0.4 is 0 Å². The molecule has 0 aliphatic carbocycles. The van der Waals surface area contributed by atoms with E-state index in [2.05, 4.69) is 0 Å². The van der Waals surface area contributed by atoms with Crippen molar-refractivity contribution < 1.29 is 19.5 Å². The van der Waals surface area contributed by atoms with Crippen LogP contribution in [0.1, 0.15) is 24.1 Å². The molecule has 2 rings (SSSR count). The first-order valence-corrected chi connectivity index (χ1v) is 7.71. The molecule has 0 atom stereocenters. The zero-order valence-corrected chi connectivity index (χ0v) is 12.3. The Bertz CT molecular complexity index is 542. The van der Waals surface area contributed by atoms with Gasteiger partial charge in [0, 0.05) is 24.4 Å². The number of hydrogen-bond donors (Lipinski definition) is 1. The molecule has 1 N–H and O–H groups in total. The van der Waals surface area contributed by atoms with Crippen LogP contribution in [0.2, 0.25) is 0 Å². The third-order valence-electron chi connectivity index (χ3n) is 3.52. The minimum atomic E-state index is -0.810. The molecule has 1 aromatic heterocycles. The van der Waals surface area contributed by atoms with Gasteiger partial charge in [0.15, 0.2) is 0 Å². The summed E-state index contributed by atoms with van der Waals surface area (Å²) < 4.78 is 0. The van der Waals surface area contributed by atoms with E-state index in [-0.39, 0.29) is 12.3 Å². The molecule has 1 aliphatic heterocycles. The quantitative estimate of drug-likeness (QED) is 0.667. The van der Waals surface area contributed by atoms with Gasteiger partial charge in [0.25, 0.3) is 5.91 Å². The first-order valence-electron chi connectivity index (χ1n) is 6.83. The number of carboxylic acids is 1. The summed E-state index contributed by atoms with van der Waals surface area (Å²) in [6.45, 7) is 0.907. The molecular weight excluding hydrogens is 290 g/mol. The Kier molecular flexibility index (Phi) is 5.27. The summed E-state index contributed by atoms with van der Waals surface area (Å²) in [5.74, 6) is -1.74. The van der Waals surface area contributed by atoms with Crippen LogP contribution in [0.3, 0.4) is 0 Å². The highest BCUT2D eigenvalue weighted by molar-refractivity contribution is 7.10. The molecule has 0 spiro atoms. The van der Waals surface area contributed by atoms with E-state index in [1.807, 2.05) is 17.5 Å². The molecule has 6 heteroatoms. The predicted octanol–water partition coefficient (Wildman–Crippen LogP) is 2.04. The highest BCUT2D eigenvalue weighted by Gasteiger charge is 2.26. The monoisotopic (exact) mass is 307 g/mol. The highest BCUT2D eigenvalue weighted by Crippen LogP contribution is 2.20. The number of carbonyl (C=O) groups excluding carboxylic acids is 2. The molecule has 0 unspecified atom stereocenters. The summed E-state index contributed by atoms with van der Waals surface area (Å²) in [6.07, 6.45) is 4.35. The van der Waals surface area contributed by atoms with Crippen molar-refractivity contribution in [2.24, 2.45) is 5.92 Å². The van der Waals surface area contributed by atoms with Crippen LogP contribution in [0.25, 0.3) is 6.08 Å². The first-order chi connectivity index (χ1) is 10.1. The molecule has 1 amide bonds. The van der Waals surface area contributed by atoms with Crippen LogP contribution in [0, 0.1) is 5.92 Å². The van der Waals surface area contributed by atoms with Crippen molar-refractivity contribution in [2.45, 2.75) is 19.3 Å². The van der Waals surface area contributed by atoms with Crippen molar-refractivity contribution in [3.05, 3.63) is 28.5 Å². The summed E-state index contributed by atoms with van der Waals surface area (Å²) in [6, 6.07) is 3.75. The number of hydrogen-bond acceptors (Lipinski definition) is 4. The van der Waals surface area contributed by atoms with Crippen LogP contribution in [-0.2, 0) is 14.4 Å². The molecule has 0 saturated carbocycles. The summed E-state index contributed by atoms with van der Waals surface area (Å²) >= 11 is 1.50. The third-order valence-corrected chi connectivity index (χ3v) is 4.36. The molecule has 0 radical (unpaired) electrons. The van der Waals surface area contributed by atoms with Gasteiger partial charge in [-0.15, -0.1) is 11.3 Å². The number of likely N-dealkylation sites (tertiary alicyclic amines) is 1. The Morgan fingerprint density at radius 3 is 2.62 bits per heavy atom. The van der Waals surface area contributed by atoms with Crippen molar-refractivity contribution >= 4 is 35.1 Å². The molecule has 1 aliphatic rings. The van der Waals surface area contributed by atoms with Crippen LogP contribution >= 0.6 is 11.3 Å². The molecule has 2 heterocycles. The van der Waals surface area contributed by atoms with E-state index in [1.54, 1.807) is 6.08 Å². The number of nitrogens with zero attached hydrogens (tertiary/aromatic N) is 1. The average molecular weight is 307 g/mol. The molecule has 0 aromatic carbocycles. The summed E-state index contributed by atoms with van der Waals surface area (Å²) in [4.78, 5) is 36.9. The Hall–Kier alpha value is -1.95. The number of thiophene rings is 1. The number of piperidine rings is 1. The highest BCUT2D eigenvalue weighted by atomic mass is 32.1. The smallest absolute Gasteiger partial charge is 0.303 e. The zero-order chi connectivity index (χ0) is 15.2. The van der Waals surface area contributed by atoms with Gasteiger partial charge in [-0.3, -0.25) is 14.4 Å². The van der Waals surface area contributed by atoms with Gasteiger partial charge in [-0.25, -0.2) is 0 Å². The number of ketones is 1. The van der Waals surface area contributed by atoms with E-state index in [0.717, 1.165) is 4.88 Å². The number of amides is 1. The predicted molar refractivity (Wildman–Crippen MR) is 79.9 cm³/mol. The van der Waals surface area contributed by atoms with Crippen LogP contribution in [0.5, 0.6) is 0 Å². The molecular formula is C15H17NO4S. The van der Waals surface area contributed by atoms with Gasteiger partial charge < -0.3 is 10.0 Å². The van der Waals surface area contributed by atoms with Gasteiger partial charge >= 0.3 is 5.97 Å². The standard InChI is InChI=1S/C15H17NO4S/c17-13(4-3-12-2-1-9-21-12)15(20)16-7-5-11(6-8-16)10-14(18)19/h1-4,9,11H,5-8,10H2,(H,18,19)/b4-3+. The second-order valence-electron chi connectivity index (χ2n) is 5.05. The lowest BCUT2D eigenvalue weighted by Gasteiger charge is -2.30. The SMILES string of the molecule is O=C(O)CC1CCN(C(=O)C(=O)/C=C/c2cccs2)CC1. The lowest BCUT2D eigenvalue weighted by molar-refractivity contribution is -0.143. The van der Waals surface area contributed by atoms with Gasteiger partial charge in [0.05, 0.1) is 0 Å². The first kappa shape index (κ1) is 15.4. The molecule has 5 nitrogen and oxygen atoms in total. The van der Waals surface area contributed by atoms with Crippen molar-refractivity contribution in [1.82, 2.24) is 4.90 Å². The van der Waals surface area contributed by atoms with E-state index < -0.39 is 17.7 Å². The maximum absolute atomic E-state index is 12.0. The molecule has 1 saturated heterocycles. The Morgan fingerprint density at radius 1 is 1.33 bits per heavy atom. The number of carboxylic acid groups (broad SMARTS) is 1. The second kappa shape index (κ2) is 7.17. The maximum atomic E-state index is 12.0. The molecule has 21 heavy (non-hydrogen) atoms. The Balaban J connectivity index is 1.84. The summed E-state index contributed by atoms with van der Waals surface area (Å²) in [5, 5.41) is 10.6. The number of aliphatic carboxylic acids is 1. The normalized spacial score (nSPS) is 16.3. The number of rotatable bonds is 5. The van der Waals surface area contributed by atoms with Crippen molar-refractivity contribution in [2.75, 3.05) is 13.1 Å². The van der Waals surface area contributed by atoms with E-state index >= 15 is 0 Å². The van der Waals surface area contributed by atoms with Gasteiger partial charge in [0.2, 0.25) is 5.78 Å². The van der Waals surface area contributed by atoms with Crippen molar-refractivity contribution in [3.8, 4) is 0 Å². The van der Waals surface area contributed by atoms with Gasteiger partial charge in [0.1, 0.15) is 0 Å². The summed E-state index contributed by atoms with van der Waals surface area (Å²) in [5.41, 5.74) is 0. The molecule has 0 bridgehead atoms. The fourth-order valence-corrected chi connectivity index (χ4v) is 2.98.